The van der Waals surface area contributed by atoms with Crippen molar-refractivity contribution in [1.82, 2.24) is 14.5 Å². The Morgan fingerprint density at radius 3 is 2.61 bits per heavy atom. The maximum atomic E-state index is 13.2. The lowest BCUT2D eigenvalue weighted by Gasteiger charge is -2.42. The molecule has 2 amide bonds. The fraction of sp³-hybridized carbons (Fsp3) is 0.500. The van der Waals surface area contributed by atoms with Crippen LogP contribution >= 0.6 is 0 Å². The molecule has 1 saturated carbocycles. The summed E-state index contributed by atoms with van der Waals surface area (Å²) in [6.45, 7) is 1.78. The van der Waals surface area contributed by atoms with Crippen LogP contribution in [0.25, 0.3) is 0 Å². The lowest BCUT2D eigenvalue weighted by molar-refractivity contribution is -0.120. The highest BCUT2D eigenvalue weighted by atomic mass is 16.2. The van der Waals surface area contributed by atoms with E-state index >= 15 is 0 Å². The quantitative estimate of drug-likeness (QED) is 0.827. The summed E-state index contributed by atoms with van der Waals surface area (Å²) in [7, 11) is 0. The number of hydrogen-bond donors (Lipinski definition) is 1. The zero-order valence-electron chi connectivity index (χ0n) is 17.6. The molecule has 2 fully saturated rings. The van der Waals surface area contributed by atoms with Gasteiger partial charge in [0.1, 0.15) is 11.4 Å². The molecule has 0 radical (unpaired) electrons. The Hall–Kier alpha value is -2.96. The Balaban J connectivity index is 1.35. The van der Waals surface area contributed by atoms with Crippen molar-refractivity contribution < 1.29 is 9.59 Å². The van der Waals surface area contributed by atoms with Crippen LogP contribution in [0.2, 0.25) is 0 Å². The number of amides is 2. The minimum absolute atomic E-state index is 0.0136. The smallest absolute Gasteiger partial charge is 0.274 e. The number of carbonyl (C=O) groups is 2. The van der Waals surface area contributed by atoms with E-state index in [4.69, 9.17) is 0 Å². The maximum Gasteiger partial charge on any atom is 0.274 e. The summed E-state index contributed by atoms with van der Waals surface area (Å²) in [5, 5.41) is 2.90. The molecular formula is C24H28N4O3. The van der Waals surface area contributed by atoms with E-state index in [0.29, 0.717) is 31.0 Å². The topological polar surface area (TPSA) is 84.3 Å². The van der Waals surface area contributed by atoms with Crippen molar-refractivity contribution in [3.63, 3.8) is 0 Å². The number of piperidine rings is 1. The van der Waals surface area contributed by atoms with Crippen molar-refractivity contribution in [2.45, 2.75) is 51.0 Å². The fourth-order valence-electron chi connectivity index (χ4n) is 5.46. The van der Waals surface area contributed by atoms with Gasteiger partial charge in [-0.1, -0.05) is 25.3 Å². The molecule has 2 aromatic heterocycles. The molecule has 2 aromatic rings. The number of pyridine rings is 2. The van der Waals surface area contributed by atoms with Crippen molar-refractivity contribution in [3.8, 4) is 0 Å². The molecule has 1 saturated heterocycles. The highest BCUT2D eigenvalue weighted by Crippen LogP contribution is 2.36. The van der Waals surface area contributed by atoms with Gasteiger partial charge >= 0.3 is 0 Å². The van der Waals surface area contributed by atoms with Gasteiger partial charge < -0.3 is 14.8 Å². The third kappa shape index (κ3) is 3.89. The van der Waals surface area contributed by atoms with Gasteiger partial charge in [-0.25, -0.2) is 0 Å². The minimum Gasteiger partial charge on any atom is -0.336 e. The van der Waals surface area contributed by atoms with E-state index < -0.39 is 0 Å². The third-order valence-corrected chi connectivity index (χ3v) is 7.01. The second kappa shape index (κ2) is 8.29. The van der Waals surface area contributed by atoms with Gasteiger partial charge in [0.25, 0.3) is 11.5 Å². The molecule has 162 valence electrons. The maximum absolute atomic E-state index is 13.2. The molecule has 2 bridgehead atoms. The van der Waals surface area contributed by atoms with Gasteiger partial charge in [-0.05, 0) is 49.4 Å². The van der Waals surface area contributed by atoms with Crippen LogP contribution in [0.3, 0.4) is 0 Å². The number of carbonyl (C=O) groups excluding carboxylic acids is 2. The number of rotatable bonds is 3. The summed E-state index contributed by atoms with van der Waals surface area (Å²) >= 11 is 0. The van der Waals surface area contributed by atoms with Crippen LogP contribution in [0.5, 0.6) is 0 Å². The van der Waals surface area contributed by atoms with Crippen molar-refractivity contribution in [2.75, 3.05) is 18.4 Å². The van der Waals surface area contributed by atoms with Gasteiger partial charge in [0, 0.05) is 43.4 Å². The summed E-state index contributed by atoms with van der Waals surface area (Å²) in [6, 6.07) is 9.06. The summed E-state index contributed by atoms with van der Waals surface area (Å²) in [6.07, 6.45) is 7.77. The minimum atomic E-state index is -0.124. The molecule has 0 spiro atoms. The number of nitrogens with zero attached hydrogens (tertiary/aromatic N) is 3. The molecule has 7 heteroatoms. The molecule has 0 unspecified atom stereocenters. The zero-order chi connectivity index (χ0) is 21.4. The van der Waals surface area contributed by atoms with Gasteiger partial charge in [0.15, 0.2) is 0 Å². The Labute approximate surface area is 181 Å². The zero-order valence-corrected chi connectivity index (χ0v) is 17.6. The molecule has 2 atom stereocenters. The second-order valence-corrected chi connectivity index (χ2v) is 9.14. The molecule has 1 N–H and O–H groups in total. The molecule has 31 heavy (non-hydrogen) atoms. The number of nitrogens with one attached hydrogen (secondary N) is 1. The number of aromatic nitrogens is 2. The molecule has 5 rings (SSSR count). The van der Waals surface area contributed by atoms with E-state index in [-0.39, 0.29) is 35.1 Å². The van der Waals surface area contributed by atoms with Crippen LogP contribution in [0, 0.1) is 11.8 Å². The van der Waals surface area contributed by atoms with Crippen LogP contribution in [-0.4, -0.2) is 39.4 Å². The first-order valence-corrected chi connectivity index (χ1v) is 11.3. The molecule has 3 aliphatic rings. The molecule has 1 aliphatic carbocycles. The van der Waals surface area contributed by atoms with Crippen LogP contribution in [0.1, 0.15) is 60.6 Å². The SMILES string of the molecule is O=C(Nc1ccc2n(c1=O)C[C@@H]1C[C@@H]2CN(C(=O)c2ccccn2)C1)C1CCCCC1. The highest BCUT2D eigenvalue weighted by Gasteiger charge is 2.37. The van der Waals surface area contributed by atoms with Gasteiger partial charge in [-0.3, -0.25) is 19.4 Å². The molecule has 7 nitrogen and oxygen atoms in total. The average molecular weight is 421 g/mol. The van der Waals surface area contributed by atoms with Crippen molar-refractivity contribution in [3.05, 3.63) is 58.3 Å². The first-order valence-electron chi connectivity index (χ1n) is 11.3. The molecule has 0 aromatic carbocycles. The first-order chi connectivity index (χ1) is 15.1. The summed E-state index contributed by atoms with van der Waals surface area (Å²) in [5.41, 5.74) is 1.66. The first kappa shape index (κ1) is 20.0. The van der Waals surface area contributed by atoms with E-state index in [0.717, 1.165) is 37.8 Å². The van der Waals surface area contributed by atoms with E-state index in [2.05, 4.69) is 10.3 Å². The average Bonchev–Trinajstić information content (AvgIpc) is 2.81. The highest BCUT2D eigenvalue weighted by molar-refractivity contribution is 5.93. The summed E-state index contributed by atoms with van der Waals surface area (Å²) in [5.74, 6) is 0.277. The van der Waals surface area contributed by atoms with Crippen LogP contribution in [0.4, 0.5) is 5.69 Å². The predicted molar refractivity (Wildman–Crippen MR) is 117 cm³/mol. The van der Waals surface area contributed by atoms with Crippen molar-refractivity contribution >= 4 is 17.5 Å². The summed E-state index contributed by atoms with van der Waals surface area (Å²) in [4.78, 5) is 44.7. The second-order valence-electron chi connectivity index (χ2n) is 9.14. The molecular weight excluding hydrogens is 392 g/mol. The monoisotopic (exact) mass is 420 g/mol. The van der Waals surface area contributed by atoms with E-state index in [1.165, 1.54) is 6.42 Å². The van der Waals surface area contributed by atoms with Gasteiger partial charge in [-0.15, -0.1) is 0 Å². The lowest BCUT2D eigenvalue weighted by Crippen LogP contribution is -2.49. The standard InChI is InChI=1S/C24H28N4O3/c29-22(17-6-2-1-3-7-17)26-20-9-10-21-18-12-16(14-28(21)24(20)31)13-27(15-18)23(30)19-8-4-5-11-25-19/h4-5,8-11,16-18H,1-3,6-7,12-15H2,(H,26,29)/t16-,18-/m1/s1. The lowest BCUT2D eigenvalue weighted by atomic mass is 9.83. The van der Waals surface area contributed by atoms with Crippen LogP contribution in [0.15, 0.2) is 41.3 Å². The van der Waals surface area contributed by atoms with Crippen molar-refractivity contribution in [2.24, 2.45) is 11.8 Å². The Morgan fingerprint density at radius 2 is 1.84 bits per heavy atom. The predicted octanol–water partition coefficient (Wildman–Crippen LogP) is 3.02. The van der Waals surface area contributed by atoms with E-state index in [9.17, 15) is 14.4 Å². The molecule has 2 aliphatic heterocycles. The number of anilines is 1. The Morgan fingerprint density at radius 1 is 1.00 bits per heavy atom. The normalized spacial score (nSPS) is 23.2. The summed E-state index contributed by atoms with van der Waals surface area (Å²) < 4.78 is 1.82. The van der Waals surface area contributed by atoms with Gasteiger partial charge in [0.2, 0.25) is 5.91 Å². The van der Waals surface area contributed by atoms with Crippen molar-refractivity contribution in [1.29, 1.82) is 0 Å². The Kier molecular flexibility index (Phi) is 5.34. The number of likely N-dealkylation sites (tertiary alicyclic amines) is 1. The largest absolute Gasteiger partial charge is 0.336 e. The Bertz CT molecular complexity index is 1040. The third-order valence-electron chi connectivity index (χ3n) is 7.01. The fourth-order valence-corrected chi connectivity index (χ4v) is 5.46. The van der Waals surface area contributed by atoms with Crippen LogP contribution in [-0.2, 0) is 11.3 Å². The number of hydrogen-bond acceptors (Lipinski definition) is 4. The van der Waals surface area contributed by atoms with E-state index in [1.54, 1.807) is 24.4 Å². The van der Waals surface area contributed by atoms with Crippen LogP contribution < -0.4 is 10.9 Å². The van der Waals surface area contributed by atoms with E-state index in [1.807, 2.05) is 21.6 Å². The van der Waals surface area contributed by atoms with Gasteiger partial charge in [-0.2, -0.15) is 0 Å². The van der Waals surface area contributed by atoms with Gasteiger partial charge in [0.05, 0.1) is 0 Å². The number of fused-ring (bicyclic) bond motifs is 4. The molecule has 4 heterocycles.